The molecule has 126 valence electrons. The van der Waals surface area contributed by atoms with Crippen molar-refractivity contribution in [1.82, 2.24) is 10.2 Å². The van der Waals surface area contributed by atoms with Crippen molar-refractivity contribution in [3.63, 3.8) is 0 Å². The number of hydrogen-bond acceptors (Lipinski definition) is 3. The van der Waals surface area contributed by atoms with Gasteiger partial charge in [-0.3, -0.25) is 4.90 Å². The first kappa shape index (κ1) is 16.7. The van der Waals surface area contributed by atoms with Gasteiger partial charge in [0.1, 0.15) is 0 Å². The molecule has 2 N–H and O–H groups in total. The molecule has 0 aliphatic carbocycles. The first-order valence-corrected chi connectivity index (χ1v) is 8.80. The van der Waals surface area contributed by atoms with Gasteiger partial charge in [-0.15, -0.1) is 6.58 Å². The number of hydrogen-bond donors (Lipinski definition) is 2. The summed E-state index contributed by atoms with van der Waals surface area (Å²) in [7, 11) is 0. The highest BCUT2D eigenvalue weighted by Gasteiger charge is 2.20. The van der Waals surface area contributed by atoms with E-state index in [0.29, 0.717) is 6.04 Å². The van der Waals surface area contributed by atoms with Gasteiger partial charge in [-0.05, 0) is 29.7 Å². The van der Waals surface area contributed by atoms with Crippen LogP contribution in [0.2, 0.25) is 0 Å². The monoisotopic (exact) mass is 321 g/mol. The molecule has 1 aliphatic rings. The largest absolute Gasteiger partial charge is 0.381 e. The Kier molecular flexibility index (Phi) is 6.05. The molecule has 0 radical (unpaired) electrons. The van der Waals surface area contributed by atoms with Gasteiger partial charge in [-0.2, -0.15) is 0 Å². The molecule has 0 aromatic heterocycles. The highest BCUT2D eigenvalue weighted by molar-refractivity contribution is 5.45. The van der Waals surface area contributed by atoms with E-state index in [1.165, 1.54) is 16.8 Å². The fourth-order valence-electron chi connectivity index (χ4n) is 3.27. The third-order valence-electron chi connectivity index (χ3n) is 4.62. The van der Waals surface area contributed by atoms with E-state index in [2.05, 4.69) is 70.6 Å². The summed E-state index contributed by atoms with van der Waals surface area (Å²) in [5.74, 6) is 0. The summed E-state index contributed by atoms with van der Waals surface area (Å²) in [4.78, 5) is 2.56. The van der Waals surface area contributed by atoms with E-state index in [4.69, 9.17) is 0 Å². The van der Waals surface area contributed by atoms with Crippen LogP contribution in [0.3, 0.4) is 0 Å². The number of rotatable bonds is 7. The fraction of sp³-hybridized carbons (Fsp3) is 0.333. The zero-order chi connectivity index (χ0) is 16.6. The molecule has 0 spiro atoms. The van der Waals surface area contributed by atoms with E-state index < -0.39 is 0 Å². The van der Waals surface area contributed by atoms with Crippen molar-refractivity contribution < 1.29 is 0 Å². The summed E-state index contributed by atoms with van der Waals surface area (Å²) in [6.45, 7) is 9.16. The lowest BCUT2D eigenvalue weighted by atomic mass is 10.0. The molecule has 1 heterocycles. The van der Waals surface area contributed by atoms with Crippen molar-refractivity contribution in [2.24, 2.45) is 0 Å². The molecule has 2 aromatic rings. The molecule has 2 aromatic carbocycles. The van der Waals surface area contributed by atoms with Crippen molar-refractivity contribution in [2.45, 2.75) is 19.0 Å². The Hall–Kier alpha value is -2.10. The molecular weight excluding hydrogens is 294 g/mol. The van der Waals surface area contributed by atoms with Crippen LogP contribution in [-0.2, 0) is 6.54 Å². The molecule has 1 saturated heterocycles. The molecule has 24 heavy (non-hydrogen) atoms. The molecule has 0 amide bonds. The quantitative estimate of drug-likeness (QED) is 0.759. The SMILES string of the molecule is C=CC[C@H](c1ccc(NCc2ccccc2)cc1)N1CCNCC1. The number of anilines is 1. The standard InChI is InChI=1S/C21H27N3/c1-2-6-21(24-15-13-22-14-16-24)19-9-11-20(12-10-19)23-17-18-7-4-3-5-8-18/h2-5,7-12,21-23H,1,6,13-17H2/t21-/m1/s1. The van der Waals surface area contributed by atoms with Gasteiger partial charge in [-0.25, -0.2) is 0 Å². The summed E-state index contributed by atoms with van der Waals surface area (Å²) < 4.78 is 0. The van der Waals surface area contributed by atoms with E-state index in [1.54, 1.807) is 0 Å². The van der Waals surface area contributed by atoms with E-state index in [0.717, 1.165) is 39.1 Å². The maximum Gasteiger partial charge on any atom is 0.0400 e. The summed E-state index contributed by atoms with van der Waals surface area (Å²) >= 11 is 0. The number of piperazine rings is 1. The lowest BCUT2D eigenvalue weighted by Crippen LogP contribution is -2.45. The fourth-order valence-corrected chi connectivity index (χ4v) is 3.27. The minimum atomic E-state index is 0.438. The van der Waals surface area contributed by atoms with E-state index in [9.17, 15) is 0 Å². The Morgan fingerprint density at radius 3 is 2.42 bits per heavy atom. The normalized spacial score (nSPS) is 16.5. The van der Waals surface area contributed by atoms with Crippen molar-refractivity contribution >= 4 is 5.69 Å². The Morgan fingerprint density at radius 1 is 1.04 bits per heavy atom. The average Bonchev–Trinajstić information content (AvgIpc) is 2.66. The van der Waals surface area contributed by atoms with Gasteiger partial charge in [0.25, 0.3) is 0 Å². The molecule has 1 atom stereocenters. The molecule has 3 rings (SSSR count). The lowest BCUT2D eigenvalue weighted by molar-refractivity contribution is 0.174. The molecule has 1 fully saturated rings. The minimum absolute atomic E-state index is 0.438. The van der Waals surface area contributed by atoms with Crippen LogP contribution in [0, 0.1) is 0 Å². The van der Waals surface area contributed by atoms with Crippen molar-refractivity contribution in [3.8, 4) is 0 Å². The minimum Gasteiger partial charge on any atom is -0.381 e. The molecule has 3 nitrogen and oxygen atoms in total. The van der Waals surface area contributed by atoms with E-state index in [1.807, 2.05) is 12.1 Å². The van der Waals surface area contributed by atoms with Crippen LogP contribution in [0.15, 0.2) is 67.3 Å². The highest BCUT2D eigenvalue weighted by atomic mass is 15.2. The smallest absolute Gasteiger partial charge is 0.0400 e. The Balaban J connectivity index is 1.64. The molecule has 0 saturated carbocycles. The average molecular weight is 321 g/mol. The predicted octanol–water partition coefficient (Wildman–Crippen LogP) is 3.82. The number of nitrogens with one attached hydrogen (secondary N) is 2. The molecule has 0 unspecified atom stereocenters. The van der Waals surface area contributed by atoms with Crippen molar-refractivity contribution in [3.05, 3.63) is 78.4 Å². The third-order valence-corrected chi connectivity index (χ3v) is 4.62. The first-order chi connectivity index (χ1) is 11.9. The van der Waals surface area contributed by atoms with E-state index in [-0.39, 0.29) is 0 Å². The number of nitrogens with zero attached hydrogens (tertiary/aromatic N) is 1. The van der Waals surface area contributed by atoms with Gasteiger partial charge in [0.2, 0.25) is 0 Å². The van der Waals surface area contributed by atoms with Crippen LogP contribution in [0.1, 0.15) is 23.6 Å². The lowest BCUT2D eigenvalue weighted by Gasteiger charge is -2.34. The summed E-state index contributed by atoms with van der Waals surface area (Å²) in [6.07, 6.45) is 3.03. The third kappa shape index (κ3) is 4.47. The molecule has 1 aliphatic heterocycles. The van der Waals surface area contributed by atoms with Gasteiger partial charge < -0.3 is 10.6 Å². The summed E-state index contributed by atoms with van der Waals surface area (Å²) in [5.41, 5.74) is 3.84. The van der Waals surface area contributed by atoms with Crippen LogP contribution < -0.4 is 10.6 Å². The predicted molar refractivity (Wildman–Crippen MR) is 102 cm³/mol. The maximum absolute atomic E-state index is 3.95. The first-order valence-electron chi connectivity index (χ1n) is 8.80. The topological polar surface area (TPSA) is 27.3 Å². The Bertz CT molecular complexity index is 615. The molecule has 0 bridgehead atoms. The number of benzene rings is 2. The Morgan fingerprint density at radius 2 is 1.75 bits per heavy atom. The molecular formula is C21H27N3. The van der Waals surface area contributed by atoms with Gasteiger partial charge >= 0.3 is 0 Å². The second-order valence-corrected chi connectivity index (χ2v) is 6.29. The van der Waals surface area contributed by atoms with Crippen LogP contribution >= 0.6 is 0 Å². The van der Waals surface area contributed by atoms with Gasteiger partial charge in [-0.1, -0.05) is 48.5 Å². The second-order valence-electron chi connectivity index (χ2n) is 6.29. The second kappa shape index (κ2) is 8.67. The van der Waals surface area contributed by atoms with Gasteiger partial charge in [0.15, 0.2) is 0 Å². The zero-order valence-corrected chi connectivity index (χ0v) is 14.2. The Labute approximate surface area is 145 Å². The van der Waals surface area contributed by atoms with E-state index >= 15 is 0 Å². The highest BCUT2D eigenvalue weighted by Crippen LogP contribution is 2.26. The van der Waals surface area contributed by atoms with Gasteiger partial charge in [0.05, 0.1) is 0 Å². The molecule has 3 heteroatoms. The van der Waals surface area contributed by atoms with Crippen molar-refractivity contribution in [2.75, 3.05) is 31.5 Å². The van der Waals surface area contributed by atoms with Crippen LogP contribution in [0.4, 0.5) is 5.69 Å². The summed E-state index contributed by atoms with van der Waals surface area (Å²) in [5, 5.41) is 6.92. The summed E-state index contributed by atoms with van der Waals surface area (Å²) in [6, 6.07) is 19.8. The van der Waals surface area contributed by atoms with Crippen LogP contribution in [0.5, 0.6) is 0 Å². The van der Waals surface area contributed by atoms with Crippen molar-refractivity contribution in [1.29, 1.82) is 0 Å². The maximum atomic E-state index is 3.95. The zero-order valence-electron chi connectivity index (χ0n) is 14.2. The van der Waals surface area contributed by atoms with Crippen LogP contribution in [0.25, 0.3) is 0 Å². The van der Waals surface area contributed by atoms with Gasteiger partial charge in [0, 0.05) is 44.5 Å². The van der Waals surface area contributed by atoms with Crippen LogP contribution in [-0.4, -0.2) is 31.1 Å².